The first kappa shape index (κ1) is 28.3. The smallest absolute Gasteiger partial charge is 0.416 e. The van der Waals surface area contributed by atoms with E-state index in [9.17, 15) is 23.1 Å². The third-order valence-electron chi connectivity index (χ3n) is 6.47. The lowest BCUT2D eigenvalue weighted by Crippen LogP contribution is -2.49. The quantitative estimate of drug-likeness (QED) is 0.310. The van der Waals surface area contributed by atoms with Crippen molar-refractivity contribution in [3.05, 3.63) is 76.7 Å². The van der Waals surface area contributed by atoms with E-state index in [1.807, 2.05) is 0 Å². The number of nitrogens with zero attached hydrogens (tertiary/aromatic N) is 5. The van der Waals surface area contributed by atoms with E-state index in [1.54, 1.807) is 29.6 Å². The molecule has 1 aliphatic rings. The van der Waals surface area contributed by atoms with E-state index in [0.717, 1.165) is 12.1 Å². The van der Waals surface area contributed by atoms with E-state index >= 15 is 0 Å². The van der Waals surface area contributed by atoms with E-state index in [0.29, 0.717) is 35.8 Å². The minimum atomic E-state index is -4.66. The Morgan fingerprint density at radius 2 is 1.93 bits per heavy atom. The lowest BCUT2D eigenvalue weighted by atomic mass is 10.0. The van der Waals surface area contributed by atoms with E-state index in [2.05, 4.69) is 20.6 Å². The van der Waals surface area contributed by atoms with Crippen LogP contribution in [0.3, 0.4) is 0 Å². The van der Waals surface area contributed by atoms with Crippen molar-refractivity contribution in [2.24, 2.45) is 0 Å². The highest BCUT2D eigenvalue weighted by atomic mass is 35.5. The molecule has 1 saturated heterocycles. The van der Waals surface area contributed by atoms with E-state index in [1.165, 1.54) is 37.1 Å². The monoisotopic (exact) mass is 588 g/mol. The summed E-state index contributed by atoms with van der Waals surface area (Å²) in [4.78, 5) is 19.2. The number of carbonyl (C=O) groups is 1. The molecule has 3 heterocycles. The van der Waals surface area contributed by atoms with Gasteiger partial charge in [0.2, 0.25) is 0 Å². The number of likely N-dealkylation sites (tertiary alicyclic amines) is 1. The third kappa shape index (κ3) is 6.11. The summed E-state index contributed by atoms with van der Waals surface area (Å²) in [5, 5.41) is 20.6. The van der Waals surface area contributed by atoms with Crippen molar-refractivity contribution in [3.8, 4) is 28.4 Å². The summed E-state index contributed by atoms with van der Waals surface area (Å²) in [5.74, 6) is -0.0673. The Bertz CT molecular complexity index is 1590. The molecule has 2 N–H and O–H groups in total. The Labute approximate surface area is 237 Å². The minimum Gasteiger partial charge on any atom is -0.495 e. The number of nitrogens with one attached hydrogen (secondary N) is 1. The number of rotatable bonds is 8. The zero-order valence-corrected chi connectivity index (χ0v) is 22.6. The van der Waals surface area contributed by atoms with Crippen molar-refractivity contribution < 1.29 is 32.5 Å². The van der Waals surface area contributed by atoms with Gasteiger partial charge in [-0.15, -0.1) is 5.10 Å². The Morgan fingerprint density at radius 1 is 1.15 bits per heavy atom. The number of carbonyl (C=O) groups excluding carboxylic acids is 1. The van der Waals surface area contributed by atoms with Crippen LogP contribution in [0.15, 0.2) is 55.0 Å². The van der Waals surface area contributed by atoms with Crippen molar-refractivity contribution in [2.45, 2.75) is 18.8 Å². The van der Waals surface area contributed by atoms with Crippen LogP contribution < -0.4 is 14.8 Å². The van der Waals surface area contributed by atoms with Crippen molar-refractivity contribution in [3.63, 3.8) is 0 Å². The molecule has 0 radical (unpaired) electrons. The van der Waals surface area contributed by atoms with Crippen LogP contribution in [0.2, 0.25) is 5.02 Å². The van der Waals surface area contributed by atoms with Gasteiger partial charge in [-0.2, -0.15) is 13.2 Å². The number of methoxy groups -OCH3 is 2. The van der Waals surface area contributed by atoms with E-state index in [-0.39, 0.29) is 34.1 Å². The summed E-state index contributed by atoms with van der Waals surface area (Å²) in [5.41, 5.74) is 0.679. The summed E-state index contributed by atoms with van der Waals surface area (Å²) in [6.07, 6.45) is -0.466. The molecular weight excluding hydrogens is 565 g/mol. The molecule has 2 aromatic heterocycles. The molecule has 2 aromatic carbocycles. The molecule has 214 valence electrons. The topological polar surface area (TPSA) is 115 Å². The maximum atomic E-state index is 13.7. The fraction of sp³-hybridized carbons (Fsp3) is 0.259. The number of β-amino-alcohol motifs (C(OH)–C–C–N with tert-alkyl or cyclic N) is 1. The first-order valence-corrected chi connectivity index (χ1v) is 12.6. The Hall–Kier alpha value is -4.20. The van der Waals surface area contributed by atoms with Crippen LogP contribution in [0.25, 0.3) is 16.9 Å². The van der Waals surface area contributed by atoms with Crippen molar-refractivity contribution >= 4 is 23.2 Å². The number of amides is 1. The summed E-state index contributed by atoms with van der Waals surface area (Å²) in [6, 6.07) is 7.90. The number of hydrogen-bond acceptors (Lipinski definition) is 8. The summed E-state index contributed by atoms with van der Waals surface area (Å²) < 4.78 is 53.2. The highest BCUT2D eigenvalue weighted by Crippen LogP contribution is 2.39. The second-order valence-corrected chi connectivity index (χ2v) is 9.75. The summed E-state index contributed by atoms with van der Waals surface area (Å²) >= 11 is 6.40. The summed E-state index contributed by atoms with van der Waals surface area (Å²) in [6.45, 7) is 0.759. The first-order chi connectivity index (χ1) is 19.5. The molecule has 4 aromatic rings. The minimum absolute atomic E-state index is 0.0924. The number of hydrogen-bond donors (Lipinski definition) is 2. The average Bonchev–Trinajstić information content (AvgIpc) is 3.42. The van der Waals surface area contributed by atoms with Gasteiger partial charge in [0.1, 0.15) is 17.2 Å². The van der Waals surface area contributed by atoms with Gasteiger partial charge >= 0.3 is 6.18 Å². The van der Waals surface area contributed by atoms with E-state index < -0.39 is 23.8 Å². The molecule has 5 rings (SSSR count). The molecule has 41 heavy (non-hydrogen) atoms. The molecule has 1 fully saturated rings. The van der Waals surface area contributed by atoms with Gasteiger partial charge in [-0.25, -0.2) is 4.68 Å². The van der Waals surface area contributed by atoms with Crippen LogP contribution >= 0.6 is 11.6 Å². The van der Waals surface area contributed by atoms with Gasteiger partial charge < -0.3 is 19.9 Å². The van der Waals surface area contributed by atoms with Crippen LogP contribution in [0.4, 0.5) is 18.9 Å². The van der Waals surface area contributed by atoms with Crippen LogP contribution in [0.1, 0.15) is 21.5 Å². The predicted octanol–water partition coefficient (Wildman–Crippen LogP) is 4.45. The Balaban J connectivity index is 1.44. The number of benzene rings is 2. The summed E-state index contributed by atoms with van der Waals surface area (Å²) in [7, 11) is 2.83. The van der Waals surface area contributed by atoms with Crippen LogP contribution in [-0.2, 0) is 12.7 Å². The normalized spacial score (nSPS) is 14.0. The zero-order valence-electron chi connectivity index (χ0n) is 21.8. The fourth-order valence-electron chi connectivity index (χ4n) is 4.42. The highest BCUT2D eigenvalue weighted by Gasteiger charge is 2.34. The molecule has 0 saturated carbocycles. The van der Waals surface area contributed by atoms with Gasteiger partial charge in [0, 0.05) is 42.5 Å². The second kappa shape index (κ2) is 11.4. The molecule has 1 aliphatic heterocycles. The molecule has 0 spiro atoms. The van der Waals surface area contributed by atoms with Crippen LogP contribution in [0, 0.1) is 0 Å². The fourth-order valence-corrected chi connectivity index (χ4v) is 4.63. The SMILES string of the molecule is COc1cncc(-c2cn(-c3cc(C(=O)Nc4cc(C(F)(F)F)cc(CN5CC(O)C5)c4OC)ccc3Cl)nn2)c1. The number of halogens is 4. The number of pyridine rings is 1. The number of aromatic nitrogens is 4. The molecule has 0 atom stereocenters. The van der Waals surface area contributed by atoms with Gasteiger partial charge in [-0.1, -0.05) is 16.8 Å². The number of anilines is 1. The van der Waals surface area contributed by atoms with Gasteiger partial charge in [-0.3, -0.25) is 14.7 Å². The van der Waals surface area contributed by atoms with Gasteiger partial charge in [-0.05, 0) is 36.4 Å². The molecular formula is C27H24ClF3N6O4. The third-order valence-corrected chi connectivity index (χ3v) is 6.79. The van der Waals surface area contributed by atoms with Gasteiger partial charge in [0.15, 0.2) is 0 Å². The largest absolute Gasteiger partial charge is 0.495 e. The maximum Gasteiger partial charge on any atom is 0.416 e. The number of aliphatic hydroxyl groups excluding tert-OH is 1. The highest BCUT2D eigenvalue weighted by molar-refractivity contribution is 6.32. The van der Waals surface area contributed by atoms with E-state index in [4.69, 9.17) is 21.1 Å². The van der Waals surface area contributed by atoms with Gasteiger partial charge in [0.25, 0.3) is 5.91 Å². The van der Waals surface area contributed by atoms with Crippen molar-refractivity contribution in [1.29, 1.82) is 0 Å². The molecule has 10 nitrogen and oxygen atoms in total. The maximum absolute atomic E-state index is 13.7. The zero-order chi connectivity index (χ0) is 29.3. The van der Waals surface area contributed by atoms with Gasteiger partial charge in [0.05, 0.1) is 54.7 Å². The van der Waals surface area contributed by atoms with Crippen LogP contribution in [0.5, 0.6) is 11.5 Å². The molecule has 0 unspecified atom stereocenters. The molecule has 14 heteroatoms. The van der Waals surface area contributed by atoms with Crippen LogP contribution in [-0.4, -0.2) is 69.3 Å². The first-order valence-electron chi connectivity index (χ1n) is 12.3. The molecule has 0 bridgehead atoms. The Morgan fingerprint density at radius 3 is 2.61 bits per heavy atom. The number of ether oxygens (including phenoxy) is 2. The molecule has 0 aliphatic carbocycles. The van der Waals surface area contributed by atoms with Crippen molar-refractivity contribution in [2.75, 3.05) is 32.6 Å². The lowest BCUT2D eigenvalue weighted by molar-refractivity contribution is -0.137. The average molecular weight is 589 g/mol. The lowest BCUT2D eigenvalue weighted by Gasteiger charge is -2.36. The Kier molecular flexibility index (Phi) is 7.84. The standard InChI is InChI=1S/C27H24ClF3N6O4/c1-40-20-6-16(9-32-10-20)23-14-37(35-34-23)24-7-15(3-4-21(24)28)26(39)33-22-8-18(27(29,30)31)5-17(25(22)41-2)11-36-12-19(38)13-36/h3-10,14,19,38H,11-13H2,1-2H3,(H,33,39). The van der Waals surface area contributed by atoms with Crippen molar-refractivity contribution in [1.82, 2.24) is 24.9 Å². The predicted molar refractivity (Wildman–Crippen MR) is 143 cm³/mol. The second-order valence-electron chi connectivity index (χ2n) is 9.34. The number of aliphatic hydroxyl groups is 1. The number of alkyl halides is 3. The molecule has 1 amide bonds.